The molecule has 22 heavy (non-hydrogen) atoms. The maximum Gasteiger partial charge on any atom is 0.451 e. The molecular formula is C12H18F3N5O2. The normalized spacial score (nSPS) is 16.9. The van der Waals surface area contributed by atoms with E-state index in [2.05, 4.69) is 10.4 Å². The zero-order valence-electron chi connectivity index (χ0n) is 12.4. The van der Waals surface area contributed by atoms with Crippen LogP contribution >= 0.6 is 0 Å². The van der Waals surface area contributed by atoms with Gasteiger partial charge in [0.15, 0.2) is 0 Å². The lowest BCUT2D eigenvalue weighted by Crippen LogP contribution is -2.45. The standard InChI is InChI=1S/C12H18F3N5O2/c1-3-16-10(21)19-6-4-8(5-7-19)20-11(22)18(2)9(17-20)12(13,14)15/h8H,3-7H2,1-2H3,(H,16,21). The molecule has 0 spiro atoms. The van der Waals surface area contributed by atoms with E-state index in [9.17, 15) is 22.8 Å². The number of piperidine rings is 1. The Morgan fingerprint density at radius 2 is 1.95 bits per heavy atom. The molecule has 0 aromatic carbocycles. The number of rotatable bonds is 2. The molecule has 1 fully saturated rings. The van der Waals surface area contributed by atoms with E-state index >= 15 is 0 Å². The van der Waals surface area contributed by atoms with E-state index < -0.39 is 23.7 Å². The lowest BCUT2D eigenvalue weighted by Gasteiger charge is -2.31. The van der Waals surface area contributed by atoms with E-state index in [1.165, 1.54) is 0 Å². The summed E-state index contributed by atoms with van der Waals surface area (Å²) >= 11 is 0. The van der Waals surface area contributed by atoms with E-state index in [1.807, 2.05) is 0 Å². The summed E-state index contributed by atoms with van der Waals surface area (Å²) in [6.45, 7) is 3.06. The Balaban J connectivity index is 2.12. The van der Waals surface area contributed by atoms with E-state index in [-0.39, 0.29) is 6.03 Å². The molecule has 1 aromatic rings. The summed E-state index contributed by atoms with van der Waals surface area (Å²) in [6.07, 6.45) is -3.88. The number of nitrogens with zero attached hydrogens (tertiary/aromatic N) is 4. The predicted octanol–water partition coefficient (Wildman–Crippen LogP) is 0.967. The van der Waals surface area contributed by atoms with Crippen LogP contribution in [-0.4, -0.2) is 44.9 Å². The highest BCUT2D eigenvalue weighted by molar-refractivity contribution is 5.74. The molecule has 124 valence electrons. The number of amides is 2. The van der Waals surface area contributed by atoms with E-state index in [4.69, 9.17) is 0 Å². The van der Waals surface area contributed by atoms with Gasteiger partial charge in [-0.15, -0.1) is 5.10 Å². The van der Waals surface area contributed by atoms with Crippen LogP contribution in [0.25, 0.3) is 0 Å². The van der Waals surface area contributed by atoms with Crippen molar-refractivity contribution in [2.45, 2.75) is 32.0 Å². The zero-order chi connectivity index (χ0) is 16.5. The van der Waals surface area contributed by atoms with E-state index in [0.717, 1.165) is 11.7 Å². The second-order valence-corrected chi connectivity index (χ2v) is 5.16. The van der Waals surface area contributed by atoms with Crippen molar-refractivity contribution in [3.05, 3.63) is 16.3 Å². The number of urea groups is 1. The molecule has 2 heterocycles. The summed E-state index contributed by atoms with van der Waals surface area (Å²) in [5.74, 6) is -1.20. The van der Waals surface area contributed by atoms with Crippen LogP contribution in [0.15, 0.2) is 4.79 Å². The lowest BCUT2D eigenvalue weighted by atomic mass is 10.1. The summed E-state index contributed by atoms with van der Waals surface area (Å²) < 4.78 is 39.7. The van der Waals surface area contributed by atoms with Gasteiger partial charge in [0, 0.05) is 26.7 Å². The average Bonchev–Trinajstić information content (AvgIpc) is 2.76. The molecule has 0 atom stereocenters. The molecule has 1 N–H and O–H groups in total. The second-order valence-electron chi connectivity index (χ2n) is 5.16. The van der Waals surface area contributed by atoms with Crippen LogP contribution in [0.3, 0.4) is 0 Å². The zero-order valence-corrected chi connectivity index (χ0v) is 12.4. The fraction of sp³-hybridized carbons (Fsp3) is 0.750. The third-order valence-corrected chi connectivity index (χ3v) is 3.68. The van der Waals surface area contributed by atoms with Gasteiger partial charge in [-0.1, -0.05) is 0 Å². The number of carbonyl (C=O) groups is 1. The molecular weight excluding hydrogens is 303 g/mol. The molecule has 0 unspecified atom stereocenters. The van der Waals surface area contributed by atoms with Crippen molar-refractivity contribution in [2.75, 3.05) is 19.6 Å². The van der Waals surface area contributed by atoms with Crippen molar-refractivity contribution in [2.24, 2.45) is 7.05 Å². The molecule has 0 aliphatic carbocycles. The number of carbonyl (C=O) groups excluding carboxylic acids is 1. The molecule has 1 saturated heterocycles. The summed E-state index contributed by atoms with van der Waals surface area (Å²) in [5, 5.41) is 6.10. The predicted molar refractivity (Wildman–Crippen MR) is 71.4 cm³/mol. The number of nitrogens with one attached hydrogen (secondary N) is 1. The fourth-order valence-corrected chi connectivity index (χ4v) is 2.52. The highest BCUT2D eigenvalue weighted by Gasteiger charge is 2.39. The third kappa shape index (κ3) is 3.09. The second kappa shape index (κ2) is 6.01. The third-order valence-electron chi connectivity index (χ3n) is 3.68. The Labute approximate surface area is 124 Å². The van der Waals surface area contributed by atoms with Gasteiger partial charge in [-0.2, -0.15) is 13.2 Å². The lowest BCUT2D eigenvalue weighted by molar-refractivity contribution is -0.147. The van der Waals surface area contributed by atoms with Crippen molar-refractivity contribution in [3.63, 3.8) is 0 Å². The summed E-state index contributed by atoms with van der Waals surface area (Å²) in [4.78, 5) is 25.2. The van der Waals surface area contributed by atoms with Gasteiger partial charge in [-0.3, -0.25) is 4.57 Å². The number of hydrogen-bond acceptors (Lipinski definition) is 3. The fourth-order valence-electron chi connectivity index (χ4n) is 2.52. The van der Waals surface area contributed by atoms with Crippen LogP contribution < -0.4 is 11.0 Å². The molecule has 7 nitrogen and oxygen atoms in total. The number of aromatic nitrogens is 3. The average molecular weight is 321 g/mol. The SMILES string of the molecule is CCNC(=O)N1CCC(n2nc(C(F)(F)F)n(C)c2=O)CC1. The molecule has 1 aromatic heterocycles. The number of halogens is 3. The molecule has 0 radical (unpaired) electrons. The van der Waals surface area contributed by atoms with Gasteiger partial charge in [0.25, 0.3) is 0 Å². The summed E-state index contributed by atoms with van der Waals surface area (Å²) in [6, 6.07) is -0.634. The Hall–Kier alpha value is -2.00. The van der Waals surface area contributed by atoms with Gasteiger partial charge in [0.1, 0.15) is 0 Å². The van der Waals surface area contributed by atoms with Crippen LogP contribution in [0.2, 0.25) is 0 Å². The van der Waals surface area contributed by atoms with Crippen molar-refractivity contribution in [1.82, 2.24) is 24.6 Å². The van der Waals surface area contributed by atoms with Crippen molar-refractivity contribution >= 4 is 6.03 Å². The number of hydrogen-bond donors (Lipinski definition) is 1. The maximum atomic E-state index is 12.8. The summed E-state index contributed by atoms with van der Waals surface area (Å²) in [7, 11) is 1.05. The minimum absolute atomic E-state index is 0.203. The molecule has 1 aliphatic rings. The van der Waals surface area contributed by atoms with Gasteiger partial charge in [-0.05, 0) is 19.8 Å². The minimum atomic E-state index is -4.67. The van der Waals surface area contributed by atoms with E-state index in [1.54, 1.807) is 11.8 Å². The van der Waals surface area contributed by atoms with Gasteiger partial charge in [-0.25, -0.2) is 14.3 Å². The maximum absolute atomic E-state index is 12.8. The molecule has 2 rings (SSSR count). The van der Waals surface area contributed by atoms with Crippen molar-refractivity contribution in [3.8, 4) is 0 Å². The Morgan fingerprint density at radius 1 is 1.36 bits per heavy atom. The van der Waals surface area contributed by atoms with Crippen LogP contribution in [0.5, 0.6) is 0 Å². The van der Waals surface area contributed by atoms with Gasteiger partial charge < -0.3 is 10.2 Å². The number of alkyl halides is 3. The first-order chi connectivity index (χ1) is 10.3. The van der Waals surface area contributed by atoms with Crippen molar-refractivity contribution in [1.29, 1.82) is 0 Å². The van der Waals surface area contributed by atoms with Gasteiger partial charge >= 0.3 is 17.9 Å². The molecule has 0 bridgehead atoms. The monoisotopic (exact) mass is 321 g/mol. The summed E-state index contributed by atoms with van der Waals surface area (Å²) in [5.41, 5.74) is -0.788. The highest BCUT2D eigenvalue weighted by Crippen LogP contribution is 2.28. The van der Waals surface area contributed by atoms with Crippen molar-refractivity contribution < 1.29 is 18.0 Å². The van der Waals surface area contributed by atoms with Crippen LogP contribution in [0.1, 0.15) is 31.6 Å². The Morgan fingerprint density at radius 3 is 2.41 bits per heavy atom. The van der Waals surface area contributed by atoms with Crippen LogP contribution in [0.4, 0.5) is 18.0 Å². The van der Waals surface area contributed by atoms with E-state index in [0.29, 0.717) is 37.0 Å². The van der Waals surface area contributed by atoms with Crippen LogP contribution in [-0.2, 0) is 13.2 Å². The quantitative estimate of drug-likeness (QED) is 0.882. The molecule has 0 saturated carbocycles. The molecule has 2 amide bonds. The van der Waals surface area contributed by atoms with Crippen LogP contribution in [0, 0.1) is 0 Å². The topological polar surface area (TPSA) is 72.2 Å². The van der Waals surface area contributed by atoms with Gasteiger partial charge in [0.2, 0.25) is 5.82 Å². The smallest absolute Gasteiger partial charge is 0.338 e. The highest BCUT2D eigenvalue weighted by atomic mass is 19.4. The Kier molecular flexibility index (Phi) is 4.47. The molecule has 1 aliphatic heterocycles. The first-order valence-electron chi connectivity index (χ1n) is 7.01. The first-order valence-corrected chi connectivity index (χ1v) is 7.01. The Bertz CT molecular complexity index is 599. The first kappa shape index (κ1) is 16.4. The number of likely N-dealkylation sites (tertiary alicyclic amines) is 1. The molecule has 10 heteroatoms. The largest absolute Gasteiger partial charge is 0.451 e. The minimum Gasteiger partial charge on any atom is -0.338 e. The van der Waals surface area contributed by atoms with Gasteiger partial charge in [0.05, 0.1) is 6.04 Å².